The molecular weight excluding hydrogens is 376 g/mol. The van der Waals surface area contributed by atoms with Crippen LogP contribution in [0.5, 0.6) is 5.75 Å². The van der Waals surface area contributed by atoms with Gasteiger partial charge >= 0.3 is 0 Å². The third kappa shape index (κ3) is 4.86. The molecule has 0 saturated heterocycles. The molecule has 2 aromatic rings. The Bertz CT molecular complexity index is 714. The number of nitrogens with zero attached hydrogens (tertiary/aromatic N) is 1. The normalized spacial score (nSPS) is 10.3. The van der Waals surface area contributed by atoms with E-state index in [1.807, 2.05) is 31.2 Å². The van der Waals surface area contributed by atoms with Crippen molar-refractivity contribution in [3.8, 4) is 5.75 Å². The average molecular weight is 395 g/mol. The second-order valence-electron chi connectivity index (χ2n) is 5.08. The van der Waals surface area contributed by atoms with Crippen LogP contribution in [0.2, 0.25) is 0 Å². The Morgan fingerprint density at radius 1 is 1.25 bits per heavy atom. The van der Waals surface area contributed by atoms with E-state index < -0.39 is 5.91 Å². The van der Waals surface area contributed by atoms with Gasteiger partial charge in [-0.25, -0.2) is 0 Å². The van der Waals surface area contributed by atoms with Crippen molar-refractivity contribution in [3.05, 3.63) is 52.4 Å². The Balaban J connectivity index is 1.89. The number of ether oxygens (including phenoxy) is 1. The Morgan fingerprint density at radius 3 is 2.67 bits per heavy atom. The Hall–Kier alpha value is -2.28. The van der Waals surface area contributed by atoms with Gasteiger partial charge in [0.15, 0.2) is 10.4 Å². The summed E-state index contributed by atoms with van der Waals surface area (Å²) >= 11 is 3.13. The van der Waals surface area contributed by atoms with Crippen molar-refractivity contribution >= 4 is 27.7 Å². The predicted octanol–water partition coefficient (Wildman–Crippen LogP) is 2.83. The molecule has 0 aliphatic rings. The zero-order chi connectivity index (χ0) is 17.5. The number of carbonyl (C=O) groups excluding carboxylic acids is 2. The van der Waals surface area contributed by atoms with Gasteiger partial charge in [0.05, 0.1) is 13.2 Å². The van der Waals surface area contributed by atoms with Crippen molar-refractivity contribution < 1.29 is 18.7 Å². The van der Waals surface area contributed by atoms with Gasteiger partial charge < -0.3 is 19.4 Å². The average Bonchev–Trinajstić information content (AvgIpc) is 3.01. The third-order valence-electron chi connectivity index (χ3n) is 3.30. The molecule has 0 bridgehead atoms. The van der Waals surface area contributed by atoms with Gasteiger partial charge in [-0.05, 0) is 41.1 Å². The molecule has 1 heterocycles. The number of rotatable bonds is 7. The number of furan rings is 1. The number of likely N-dealkylation sites (N-methyl/N-ethyl adjacent to an activating group) is 1. The summed E-state index contributed by atoms with van der Waals surface area (Å²) in [5.74, 6) is 0.264. The molecule has 2 rings (SSSR count). The first kappa shape index (κ1) is 18.1. The first-order valence-corrected chi connectivity index (χ1v) is 8.28. The summed E-state index contributed by atoms with van der Waals surface area (Å²) in [4.78, 5) is 25.6. The molecule has 24 heavy (non-hydrogen) atoms. The molecule has 7 heteroatoms. The Labute approximate surface area is 148 Å². The largest absolute Gasteiger partial charge is 0.494 e. The monoisotopic (exact) mass is 394 g/mol. The fraction of sp³-hybridized carbons (Fsp3) is 0.294. The highest BCUT2D eigenvalue weighted by Gasteiger charge is 2.15. The molecule has 2 amide bonds. The molecule has 128 valence electrons. The molecule has 0 aliphatic carbocycles. The zero-order valence-corrected chi connectivity index (χ0v) is 15.1. The topological polar surface area (TPSA) is 71.8 Å². The third-order valence-corrected chi connectivity index (χ3v) is 3.73. The minimum Gasteiger partial charge on any atom is -0.494 e. The van der Waals surface area contributed by atoms with E-state index in [9.17, 15) is 9.59 Å². The maximum absolute atomic E-state index is 12.2. The van der Waals surface area contributed by atoms with Crippen LogP contribution >= 0.6 is 15.9 Å². The summed E-state index contributed by atoms with van der Waals surface area (Å²) in [5.41, 5.74) is 0.913. The van der Waals surface area contributed by atoms with Crippen LogP contribution in [0.25, 0.3) is 0 Å². The van der Waals surface area contributed by atoms with Gasteiger partial charge in [-0.15, -0.1) is 0 Å². The van der Waals surface area contributed by atoms with Crippen LogP contribution in [0, 0.1) is 0 Å². The van der Waals surface area contributed by atoms with Gasteiger partial charge in [-0.2, -0.15) is 0 Å². The van der Waals surface area contributed by atoms with E-state index in [-0.39, 0.29) is 18.2 Å². The Morgan fingerprint density at radius 2 is 2.00 bits per heavy atom. The minimum absolute atomic E-state index is 0.107. The van der Waals surface area contributed by atoms with Gasteiger partial charge in [0.25, 0.3) is 5.91 Å². The number of hydrogen-bond acceptors (Lipinski definition) is 4. The first-order chi connectivity index (χ1) is 11.5. The van der Waals surface area contributed by atoms with Crippen molar-refractivity contribution in [2.45, 2.75) is 13.5 Å². The maximum Gasteiger partial charge on any atom is 0.287 e. The van der Waals surface area contributed by atoms with E-state index in [2.05, 4.69) is 21.2 Å². The number of amides is 2. The summed E-state index contributed by atoms with van der Waals surface area (Å²) in [6.07, 6.45) is 0. The van der Waals surface area contributed by atoms with Gasteiger partial charge in [-0.3, -0.25) is 9.59 Å². The van der Waals surface area contributed by atoms with Crippen molar-refractivity contribution in [2.24, 2.45) is 0 Å². The second-order valence-corrected chi connectivity index (χ2v) is 5.86. The lowest BCUT2D eigenvalue weighted by Gasteiger charge is -2.19. The lowest BCUT2D eigenvalue weighted by atomic mass is 10.2. The number of hydrogen-bond donors (Lipinski definition) is 1. The number of benzene rings is 1. The van der Waals surface area contributed by atoms with Gasteiger partial charge in [0, 0.05) is 19.2 Å². The van der Waals surface area contributed by atoms with Crippen LogP contribution in [-0.2, 0) is 11.3 Å². The molecule has 0 radical (unpaired) electrons. The van der Waals surface area contributed by atoms with Crippen LogP contribution in [-0.4, -0.2) is 36.9 Å². The summed E-state index contributed by atoms with van der Waals surface area (Å²) in [6.45, 7) is 2.76. The number of carbonyl (C=O) groups is 2. The van der Waals surface area contributed by atoms with E-state index in [1.54, 1.807) is 13.1 Å². The lowest BCUT2D eigenvalue weighted by molar-refractivity contribution is -0.129. The quantitative estimate of drug-likeness (QED) is 0.783. The van der Waals surface area contributed by atoms with Crippen LogP contribution in [0.1, 0.15) is 23.0 Å². The van der Waals surface area contributed by atoms with Crippen LogP contribution < -0.4 is 10.1 Å². The fourth-order valence-corrected chi connectivity index (χ4v) is 2.40. The maximum atomic E-state index is 12.2. The standard InChI is InChI=1S/C17H19BrN2O4/c1-3-23-13-7-5-4-6-12(13)11-20(2)16(21)10-19-17(22)14-8-9-15(18)24-14/h4-9H,3,10-11H2,1-2H3,(H,19,22). The molecule has 0 saturated carbocycles. The molecule has 6 nitrogen and oxygen atoms in total. The van der Waals surface area contributed by atoms with Crippen molar-refractivity contribution in [1.29, 1.82) is 0 Å². The minimum atomic E-state index is -0.433. The smallest absolute Gasteiger partial charge is 0.287 e. The Kier molecular flexibility index (Phi) is 6.43. The van der Waals surface area contributed by atoms with Crippen LogP contribution in [0.15, 0.2) is 45.5 Å². The van der Waals surface area contributed by atoms with E-state index in [0.717, 1.165) is 11.3 Å². The van der Waals surface area contributed by atoms with Crippen molar-refractivity contribution in [1.82, 2.24) is 10.2 Å². The van der Waals surface area contributed by atoms with Gasteiger partial charge in [0.2, 0.25) is 5.91 Å². The predicted molar refractivity (Wildman–Crippen MR) is 92.8 cm³/mol. The summed E-state index contributed by atoms with van der Waals surface area (Å²) in [5, 5.41) is 2.54. The SMILES string of the molecule is CCOc1ccccc1CN(C)C(=O)CNC(=O)c1ccc(Br)o1. The van der Waals surface area contributed by atoms with Crippen LogP contribution in [0.4, 0.5) is 0 Å². The highest BCUT2D eigenvalue weighted by atomic mass is 79.9. The van der Waals surface area contributed by atoms with Crippen molar-refractivity contribution in [3.63, 3.8) is 0 Å². The summed E-state index contributed by atoms with van der Waals surface area (Å²) < 4.78 is 11.2. The molecule has 0 spiro atoms. The second kappa shape index (κ2) is 8.54. The van der Waals surface area contributed by atoms with Gasteiger partial charge in [-0.1, -0.05) is 18.2 Å². The molecule has 1 aromatic carbocycles. The highest BCUT2D eigenvalue weighted by molar-refractivity contribution is 9.10. The number of halogens is 1. The zero-order valence-electron chi connectivity index (χ0n) is 13.5. The van der Waals surface area contributed by atoms with Crippen LogP contribution in [0.3, 0.4) is 0 Å². The van der Waals surface area contributed by atoms with Crippen molar-refractivity contribution in [2.75, 3.05) is 20.2 Å². The number of para-hydroxylation sites is 1. The van der Waals surface area contributed by atoms with Gasteiger partial charge in [0.1, 0.15) is 5.75 Å². The molecule has 0 fully saturated rings. The summed E-state index contributed by atoms with van der Waals surface area (Å²) in [6, 6.07) is 10.7. The molecule has 0 atom stereocenters. The summed E-state index contributed by atoms with van der Waals surface area (Å²) in [7, 11) is 1.68. The van der Waals surface area contributed by atoms with E-state index in [1.165, 1.54) is 11.0 Å². The number of nitrogens with one attached hydrogen (secondary N) is 1. The van der Waals surface area contributed by atoms with E-state index in [4.69, 9.17) is 9.15 Å². The van der Waals surface area contributed by atoms with E-state index >= 15 is 0 Å². The molecule has 0 aliphatic heterocycles. The molecule has 0 unspecified atom stereocenters. The lowest BCUT2D eigenvalue weighted by Crippen LogP contribution is -2.37. The highest BCUT2D eigenvalue weighted by Crippen LogP contribution is 2.19. The fourth-order valence-electron chi connectivity index (χ4n) is 2.09. The van der Waals surface area contributed by atoms with E-state index in [0.29, 0.717) is 17.8 Å². The molecular formula is C17H19BrN2O4. The molecule has 1 N–H and O–H groups in total. The molecule has 1 aromatic heterocycles. The first-order valence-electron chi connectivity index (χ1n) is 7.49.